The van der Waals surface area contributed by atoms with Gasteiger partial charge < -0.3 is 19.8 Å². The highest BCUT2D eigenvalue weighted by atomic mass is 15.1. The van der Waals surface area contributed by atoms with Crippen LogP contribution in [0.4, 0.5) is 0 Å². The van der Waals surface area contributed by atoms with Gasteiger partial charge in [-0.1, -0.05) is 134 Å². The highest BCUT2D eigenvalue weighted by molar-refractivity contribution is 5.80. The summed E-state index contributed by atoms with van der Waals surface area (Å²) in [5, 5.41) is 7.84. The predicted molar refractivity (Wildman–Crippen MR) is 188 cm³/mol. The van der Waals surface area contributed by atoms with Crippen LogP contribution >= 0.6 is 0 Å². The molecule has 0 saturated heterocycles. The monoisotopic (exact) mass is 606 g/mol. The molecule has 4 aromatic carbocycles. The molecule has 2 heterocycles. The van der Waals surface area contributed by atoms with E-state index < -0.39 is 0 Å². The number of nitrogens with one attached hydrogen (secondary N) is 2. The second-order valence-corrected chi connectivity index (χ2v) is 12.3. The molecule has 0 spiro atoms. The van der Waals surface area contributed by atoms with E-state index in [1.165, 1.54) is 24.0 Å². The first-order valence-corrected chi connectivity index (χ1v) is 16.5. The van der Waals surface area contributed by atoms with Crippen molar-refractivity contribution >= 4 is 0 Å². The molecule has 0 unspecified atom stereocenters. The summed E-state index contributed by atoms with van der Waals surface area (Å²) in [6.45, 7) is 1.43. The molecule has 7 rings (SSSR count). The fraction of sp³-hybridized carbons (Fsp3) is 0.250. The number of benzene rings is 4. The average molecular weight is 607 g/mol. The van der Waals surface area contributed by atoms with Gasteiger partial charge in [-0.05, 0) is 12.8 Å². The minimum Gasteiger partial charge on any atom is -0.330 e. The summed E-state index contributed by atoms with van der Waals surface area (Å²) < 4.78 is 4.53. The predicted octanol–water partition coefficient (Wildman–Crippen LogP) is 8.01. The third kappa shape index (κ3) is 6.19. The zero-order valence-electron chi connectivity index (χ0n) is 26.7. The molecule has 0 aliphatic heterocycles. The Hall–Kier alpha value is -4.78. The van der Waals surface area contributed by atoms with Gasteiger partial charge in [0, 0.05) is 48.4 Å². The molecule has 2 N–H and O–H groups in total. The summed E-state index contributed by atoms with van der Waals surface area (Å²) >= 11 is 0. The molecule has 6 heteroatoms. The Morgan fingerprint density at radius 2 is 0.826 bits per heavy atom. The van der Waals surface area contributed by atoms with Crippen molar-refractivity contribution in [1.29, 1.82) is 0 Å². The zero-order valence-corrected chi connectivity index (χ0v) is 26.7. The van der Waals surface area contributed by atoms with Crippen LogP contribution in [0.25, 0.3) is 45.0 Å². The largest absolute Gasteiger partial charge is 0.330 e. The maximum Gasteiger partial charge on any atom is 0.123 e. The van der Waals surface area contributed by atoms with Crippen LogP contribution in [0.1, 0.15) is 37.3 Å². The lowest BCUT2D eigenvalue weighted by Gasteiger charge is -2.33. The molecule has 2 atom stereocenters. The molecule has 232 valence electrons. The summed E-state index contributed by atoms with van der Waals surface area (Å²) in [5.41, 5.74) is 9.00. The van der Waals surface area contributed by atoms with Crippen LogP contribution in [-0.2, 0) is 27.2 Å². The Morgan fingerprint density at radius 3 is 1.17 bits per heavy atom. The standard InChI is InChI=1S/C40H42N6/c1-45-35(43-37(29-17-7-3-8-18-29)39(45)31-21-11-5-12-22-31)27-41-33-25-15-16-26-34(33)42-28-36-44-38(30-19-9-4-10-20-30)40(46(36)2)32-23-13-6-14-24-32/h3-14,17-24,33-34,41-42H,15-16,25-28H2,1-2H3/t33-,34-/m1/s1. The van der Waals surface area contributed by atoms with Crippen molar-refractivity contribution < 1.29 is 0 Å². The Kier molecular flexibility index (Phi) is 8.90. The van der Waals surface area contributed by atoms with Gasteiger partial charge in [-0.25, -0.2) is 9.97 Å². The first-order valence-electron chi connectivity index (χ1n) is 16.5. The highest BCUT2D eigenvalue weighted by Crippen LogP contribution is 2.34. The van der Waals surface area contributed by atoms with Crippen molar-refractivity contribution in [1.82, 2.24) is 29.7 Å². The first-order chi connectivity index (χ1) is 22.7. The van der Waals surface area contributed by atoms with E-state index in [4.69, 9.17) is 9.97 Å². The molecule has 6 aromatic rings. The Bertz CT molecular complexity index is 1720. The van der Waals surface area contributed by atoms with E-state index in [1.54, 1.807) is 0 Å². The first kappa shape index (κ1) is 29.9. The van der Waals surface area contributed by atoms with Gasteiger partial charge in [-0.2, -0.15) is 0 Å². The number of hydrogen-bond acceptors (Lipinski definition) is 4. The van der Waals surface area contributed by atoms with Crippen LogP contribution in [-0.4, -0.2) is 31.2 Å². The summed E-state index contributed by atoms with van der Waals surface area (Å²) in [6.07, 6.45) is 4.76. The van der Waals surface area contributed by atoms with E-state index in [-0.39, 0.29) is 0 Å². The van der Waals surface area contributed by atoms with E-state index in [1.807, 2.05) is 0 Å². The van der Waals surface area contributed by atoms with Crippen molar-refractivity contribution in [3.05, 3.63) is 133 Å². The van der Waals surface area contributed by atoms with Crippen molar-refractivity contribution in [2.24, 2.45) is 14.1 Å². The van der Waals surface area contributed by atoms with Crippen molar-refractivity contribution in [2.75, 3.05) is 0 Å². The molecule has 46 heavy (non-hydrogen) atoms. The Balaban J connectivity index is 1.11. The maximum atomic E-state index is 5.21. The second kappa shape index (κ2) is 13.7. The van der Waals surface area contributed by atoms with E-state index in [0.717, 1.165) is 58.4 Å². The van der Waals surface area contributed by atoms with Gasteiger partial charge in [0.2, 0.25) is 0 Å². The number of nitrogens with zero attached hydrogens (tertiary/aromatic N) is 4. The lowest BCUT2D eigenvalue weighted by molar-refractivity contribution is 0.277. The van der Waals surface area contributed by atoms with Crippen LogP contribution in [0.5, 0.6) is 0 Å². The highest BCUT2D eigenvalue weighted by Gasteiger charge is 2.27. The third-order valence-electron chi connectivity index (χ3n) is 9.38. The minimum atomic E-state index is 0.355. The van der Waals surface area contributed by atoms with E-state index in [0.29, 0.717) is 25.2 Å². The van der Waals surface area contributed by atoms with Gasteiger partial charge in [-0.3, -0.25) is 0 Å². The second-order valence-electron chi connectivity index (χ2n) is 12.3. The molecule has 2 aromatic heterocycles. The van der Waals surface area contributed by atoms with Crippen LogP contribution < -0.4 is 10.6 Å². The topological polar surface area (TPSA) is 59.7 Å². The minimum absolute atomic E-state index is 0.355. The lowest BCUT2D eigenvalue weighted by Crippen LogP contribution is -2.49. The number of rotatable bonds is 10. The van der Waals surface area contributed by atoms with Crippen molar-refractivity contribution in [2.45, 2.75) is 50.9 Å². The molecule has 1 aliphatic carbocycles. The van der Waals surface area contributed by atoms with Gasteiger partial charge in [0.25, 0.3) is 0 Å². The van der Waals surface area contributed by atoms with E-state index >= 15 is 0 Å². The Morgan fingerprint density at radius 1 is 0.500 bits per heavy atom. The zero-order chi connectivity index (χ0) is 31.3. The molecule has 1 saturated carbocycles. The SMILES string of the molecule is Cn1c(CN[C@@H]2CCCC[C@H]2NCc2nc(-c3ccccc3)c(-c3ccccc3)n2C)nc(-c2ccccc2)c1-c1ccccc1. The molecule has 0 bridgehead atoms. The van der Waals surface area contributed by atoms with Crippen LogP contribution in [0, 0.1) is 0 Å². The number of aromatic nitrogens is 4. The van der Waals surface area contributed by atoms with Gasteiger partial charge >= 0.3 is 0 Å². The average Bonchev–Trinajstić information content (AvgIpc) is 3.63. The quantitative estimate of drug-likeness (QED) is 0.166. The molecule has 0 radical (unpaired) electrons. The van der Waals surface area contributed by atoms with Gasteiger partial charge in [0.1, 0.15) is 11.6 Å². The summed E-state index contributed by atoms with van der Waals surface area (Å²) in [5.74, 6) is 2.09. The summed E-state index contributed by atoms with van der Waals surface area (Å²) in [6, 6.07) is 43.0. The van der Waals surface area contributed by atoms with E-state index in [2.05, 4.69) is 155 Å². The van der Waals surface area contributed by atoms with Crippen LogP contribution in [0.3, 0.4) is 0 Å². The third-order valence-corrected chi connectivity index (χ3v) is 9.38. The van der Waals surface area contributed by atoms with Crippen LogP contribution in [0.2, 0.25) is 0 Å². The number of hydrogen-bond donors (Lipinski definition) is 2. The summed E-state index contributed by atoms with van der Waals surface area (Å²) in [4.78, 5) is 10.4. The van der Waals surface area contributed by atoms with Gasteiger partial charge in [0.05, 0.1) is 35.9 Å². The van der Waals surface area contributed by atoms with Crippen molar-refractivity contribution in [3.63, 3.8) is 0 Å². The van der Waals surface area contributed by atoms with Crippen LogP contribution in [0.15, 0.2) is 121 Å². The normalized spacial score (nSPS) is 16.5. The lowest BCUT2D eigenvalue weighted by atomic mass is 9.90. The Labute approximate surface area is 272 Å². The molecular weight excluding hydrogens is 564 g/mol. The fourth-order valence-corrected chi connectivity index (χ4v) is 6.92. The molecule has 6 nitrogen and oxygen atoms in total. The van der Waals surface area contributed by atoms with E-state index in [9.17, 15) is 0 Å². The fourth-order valence-electron chi connectivity index (χ4n) is 6.92. The smallest absolute Gasteiger partial charge is 0.123 e. The molecule has 1 aliphatic rings. The molecule has 1 fully saturated rings. The van der Waals surface area contributed by atoms with Gasteiger partial charge in [0.15, 0.2) is 0 Å². The molecular formula is C40H42N6. The summed E-state index contributed by atoms with van der Waals surface area (Å²) in [7, 11) is 4.29. The van der Waals surface area contributed by atoms with Crippen molar-refractivity contribution in [3.8, 4) is 45.0 Å². The molecule has 0 amide bonds. The number of imidazole rings is 2. The van der Waals surface area contributed by atoms with Gasteiger partial charge in [-0.15, -0.1) is 0 Å². The maximum absolute atomic E-state index is 5.21.